The number of aliphatic hydroxyl groups excluding tert-OH is 1. The van der Waals surface area contributed by atoms with Crippen LogP contribution in [-0.2, 0) is 0 Å². The molecule has 2 nitrogen and oxygen atoms in total. The third kappa shape index (κ3) is 1.97. The summed E-state index contributed by atoms with van der Waals surface area (Å²) in [7, 11) is 1.53. The second kappa shape index (κ2) is 4.19. The Hall–Kier alpha value is -1.09. The minimum atomic E-state index is -0.593. The van der Waals surface area contributed by atoms with Gasteiger partial charge in [0.15, 0.2) is 0 Å². The molecule has 0 saturated heterocycles. The van der Waals surface area contributed by atoms with Gasteiger partial charge in [0.25, 0.3) is 0 Å². The Morgan fingerprint density at radius 3 is 2.73 bits per heavy atom. The van der Waals surface area contributed by atoms with Crippen LogP contribution in [0.3, 0.4) is 0 Å². The molecule has 1 aromatic rings. The lowest BCUT2D eigenvalue weighted by molar-refractivity contribution is 0.0598. The molecular weight excluding hydrogens is 195 g/mol. The van der Waals surface area contributed by atoms with E-state index in [1.54, 1.807) is 6.07 Å². The van der Waals surface area contributed by atoms with E-state index in [9.17, 15) is 9.50 Å². The normalized spacial score (nSPS) is 18.3. The van der Waals surface area contributed by atoms with E-state index >= 15 is 0 Å². The van der Waals surface area contributed by atoms with E-state index in [1.807, 2.05) is 0 Å². The van der Waals surface area contributed by atoms with Gasteiger partial charge in [0.1, 0.15) is 11.6 Å². The zero-order chi connectivity index (χ0) is 10.8. The predicted molar refractivity (Wildman–Crippen MR) is 55.3 cm³/mol. The summed E-state index contributed by atoms with van der Waals surface area (Å²) in [6.45, 7) is 0. The van der Waals surface area contributed by atoms with Gasteiger partial charge in [-0.3, -0.25) is 0 Å². The summed E-state index contributed by atoms with van der Waals surface area (Å²) in [6, 6.07) is 4.27. The van der Waals surface area contributed by atoms with Crippen LogP contribution in [0, 0.1) is 11.7 Å². The number of ether oxygens (including phenoxy) is 1. The van der Waals surface area contributed by atoms with Crippen LogP contribution in [0.4, 0.5) is 4.39 Å². The highest BCUT2D eigenvalue weighted by Crippen LogP contribution is 2.40. The van der Waals surface area contributed by atoms with Crippen molar-refractivity contribution in [3.8, 4) is 5.75 Å². The number of hydrogen-bond acceptors (Lipinski definition) is 2. The van der Waals surface area contributed by atoms with Crippen molar-refractivity contribution in [3.05, 3.63) is 29.6 Å². The maximum Gasteiger partial charge on any atom is 0.124 e. The number of rotatable bonds is 3. The zero-order valence-corrected chi connectivity index (χ0v) is 8.74. The fraction of sp³-hybridized carbons (Fsp3) is 0.500. The van der Waals surface area contributed by atoms with E-state index in [4.69, 9.17) is 4.74 Å². The molecule has 0 heterocycles. The molecule has 3 heteroatoms. The van der Waals surface area contributed by atoms with Gasteiger partial charge in [-0.1, -0.05) is 6.42 Å². The smallest absolute Gasteiger partial charge is 0.124 e. The molecule has 1 aliphatic rings. The number of benzene rings is 1. The average molecular weight is 210 g/mol. The van der Waals surface area contributed by atoms with Crippen LogP contribution < -0.4 is 4.74 Å². The van der Waals surface area contributed by atoms with Crippen LogP contribution in [0.1, 0.15) is 30.9 Å². The van der Waals surface area contributed by atoms with Crippen LogP contribution in [0.5, 0.6) is 5.75 Å². The lowest BCUT2D eigenvalue weighted by Crippen LogP contribution is -2.20. The first-order valence-corrected chi connectivity index (χ1v) is 5.24. The Morgan fingerprint density at radius 2 is 2.20 bits per heavy atom. The van der Waals surface area contributed by atoms with Crippen molar-refractivity contribution in [1.29, 1.82) is 0 Å². The third-order valence-corrected chi connectivity index (χ3v) is 3.11. The molecule has 15 heavy (non-hydrogen) atoms. The van der Waals surface area contributed by atoms with Gasteiger partial charge < -0.3 is 9.84 Å². The van der Waals surface area contributed by atoms with Gasteiger partial charge >= 0.3 is 0 Å². The van der Waals surface area contributed by atoms with Gasteiger partial charge in [-0.15, -0.1) is 0 Å². The summed E-state index contributed by atoms with van der Waals surface area (Å²) < 4.78 is 18.2. The van der Waals surface area contributed by atoms with Crippen LogP contribution >= 0.6 is 0 Å². The quantitative estimate of drug-likeness (QED) is 0.831. The molecular formula is C12H15FO2. The van der Waals surface area contributed by atoms with E-state index in [-0.39, 0.29) is 11.7 Å². The summed E-state index contributed by atoms with van der Waals surface area (Å²) in [5, 5.41) is 10.0. The van der Waals surface area contributed by atoms with E-state index < -0.39 is 6.10 Å². The molecule has 1 atom stereocenters. The van der Waals surface area contributed by atoms with Gasteiger partial charge in [-0.25, -0.2) is 4.39 Å². The topological polar surface area (TPSA) is 29.5 Å². The standard InChI is InChI=1S/C12H15FO2/c1-15-11-6-5-9(13)7-10(11)12(14)8-3-2-4-8/h5-8,12,14H,2-4H2,1H3. The first kappa shape index (κ1) is 10.4. The van der Waals surface area contributed by atoms with Crippen molar-refractivity contribution in [2.24, 2.45) is 5.92 Å². The monoisotopic (exact) mass is 210 g/mol. The fourth-order valence-electron chi connectivity index (χ4n) is 1.95. The van der Waals surface area contributed by atoms with Crippen LogP contribution in [0.25, 0.3) is 0 Å². The van der Waals surface area contributed by atoms with Crippen molar-refractivity contribution in [3.63, 3.8) is 0 Å². The van der Waals surface area contributed by atoms with Gasteiger partial charge in [0.2, 0.25) is 0 Å². The van der Waals surface area contributed by atoms with Crippen LogP contribution in [0.15, 0.2) is 18.2 Å². The number of halogens is 1. The molecule has 0 aliphatic heterocycles. The maximum atomic E-state index is 13.1. The van der Waals surface area contributed by atoms with Crippen molar-refractivity contribution in [1.82, 2.24) is 0 Å². The minimum absolute atomic E-state index is 0.265. The molecule has 82 valence electrons. The third-order valence-electron chi connectivity index (χ3n) is 3.11. The molecule has 0 bridgehead atoms. The molecule has 0 radical (unpaired) electrons. The second-order valence-corrected chi connectivity index (χ2v) is 4.02. The molecule has 2 rings (SSSR count). The van der Waals surface area contributed by atoms with E-state index in [1.165, 1.54) is 19.2 Å². The SMILES string of the molecule is COc1ccc(F)cc1C(O)C1CCC1. The van der Waals surface area contributed by atoms with Gasteiger partial charge in [0.05, 0.1) is 13.2 Å². The number of hydrogen-bond donors (Lipinski definition) is 1. The predicted octanol–water partition coefficient (Wildman–Crippen LogP) is 2.67. The van der Waals surface area contributed by atoms with E-state index in [0.717, 1.165) is 19.3 Å². The Labute approximate surface area is 88.7 Å². The maximum absolute atomic E-state index is 13.1. The first-order chi connectivity index (χ1) is 7.22. The highest BCUT2D eigenvalue weighted by Gasteiger charge is 2.28. The van der Waals surface area contributed by atoms with Crippen LogP contribution in [0.2, 0.25) is 0 Å². The fourth-order valence-corrected chi connectivity index (χ4v) is 1.95. The first-order valence-electron chi connectivity index (χ1n) is 5.24. The molecule has 0 aromatic heterocycles. The largest absolute Gasteiger partial charge is 0.496 e. The lowest BCUT2D eigenvalue weighted by Gasteiger charge is -2.31. The average Bonchev–Trinajstić information content (AvgIpc) is 2.15. The molecule has 1 unspecified atom stereocenters. The number of methoxy groups -OCH3 is 1. The van der Waals surface area contributed by atoms with Gasteiger partial charge in [-0.05, 0) is 37.0 Å². The summed E-state index contributed by atoms with van der Waals surface area (Å²) >= 11 is 0. The summed E-state index contributed by atoms with van der Waals surface area (Å²) in [6.07, 6.45) is 2.59. The lowest BCUT2D eigenvalue weighted by atomic mass is 9.78. The summed E-state index contributed by atoms with van der Waals surface area (Å²) in [4.78, 5) is 0. The molecule has 1 fully saturated rings. The van der Waals surface area contributed by atoms with Crippen molar-refractivity contribution in [2.45, 2.75) is 25.4 Å². The Kier molecular flexibility index (Phi) is 2.91. The second-order valence-electron chi connectivity index (χ2n) is 4.02. The van der Waals surface area contributed by atoms with E-state index in [0.29, 0.717) is 11.3 Å². The van der Waals surface area contributed by atoms with Crippen molar-refractivity contribution >= 4 is 0 Å². The highest BCUT2D eigenvalue weighted by molar-refractivity contribution is 5.36. The number of aliphatic hydroxyl groups is 1. The molecule has 1 aliphatic carbocycles. The zero-order valence-electron chi connectivity index (χ0n) is 8.74. The summed E-state index contributed by atoms with van der Waals surface area (Å²) in [5.74, 6) is 0.501. The van der Waals surface area contributed by atoms with Crippen LogP contribution in [-0.4, -0.2) is 12.2 Å². The van der Waals surface area contributed by atoms with Crippen molar-refractivity contribution in [2.75, 3.05) is 7.11 Å². The van der Waals surface area contributed by atoms with Crippen molar-refractivity contribution < 1.29 is 14.2 Å². The molecule has 1 saturated carbocycles. The molecule has 1 aromatic carbocycles. The Balaban J connectivity index is 2.27. The molecule has 1 N–H and O–H groups in total. The van der Waals surface area contributed by atoms with E-state index in [2.05, 4.69) is 0 Å². The van der Waals surface area contributed by atoms with Gasteiger partial charge in [-0.2, -0.15) is 0 Å². The highest BCUT2D eigenvalue weighted by atomic mass is 19.1. The Bertz CT molecular complexity index is 347. The summed E-state index contributed by atoms with van der Waals surface area (Å²) in [5.41, 5.74) is 0.571. The minimum Gasteiger partial charge on any atom is -0.496 e. The molecule has 0 amide bonds. The molecule has 0 spiro atoms. The Morgan fingerprint density at radius 1 is 1.47 bits per heavy atom. The van der Waals surface area contributed by atoms with Gasteiger partial charge in [0, 0.05) is 5.56 Å².